The highest BCUT2D eigenvalue weighted by Crippen LogP contribution is 2.24. The molecule has 1 aliphatic heterocycles. The van der Waals surface area contributed by atoms with Crippen LogP contribution < -0.4 is 16.0 Å². The Balaban J connectivity index is 1.64. The Kier molecular flexibility index (Phi) is 10.7. The highest BCUT2D eigenvalue weighted by molar-refractivity contribution is 5.88. The molecule has 1 aliphatic rings. The number of aryl methyl sites for hydroxylation is 1. The summed E-state index contributed by atoms with van der Waals surface area (Å²) >= 11 is 0. The molecular weight excluding hydrogens is 470 g/mol. The third-order valence-corrected chi connectivity index (χ3v) is 6.47. The number of carbonyl (C=O) groups is 4. The van der Waals surface area contributed by atoms with E-state index >= 15 is 0 Å². The van der Waals surface area contributed by atoms with Gasteiger partial charge in [-0.25, -0.2) is 4.79 Å². The summed E-state index contributed by atoms with van der Waals surface area (Å²) in [6.45, 7) is 4.46. The molecule has 0 bridgehead atoms. The highest BCUT2D eigenvalue weighted by Gasteiger charge is 2.30. The first kappa shape index (κ1) is 27.9. The SMILES string of the molecule is CC(C)C[C@H](NC(=O)OC(CCc1ccccc1)c1ccccc1)C(=O)N[C@H](C=O)C[C@@H]1CCNC1=O. The molecular formula is C29H37N3O5. The molecule has 3 amide bonds. The molecule has 3 rings (SSSR count). The van der Waals surface area contributed by atoms with Crippen LogP contribution in [0.4, 0.5) is 4.79 Å². The fraction of sp³-hybridized carbons (Fsp3) is 0.448. The zero-order chi connectivity index (χ0) is 26.6. The molecule has 198 valence electrons. The van der Waals surface area contributed by atoms with Crippen LogP contribution in [0.25, 0.3) is 0 Å². The van der Waals surface area contributed by atoms with Gasteiger partial charge in [0.15, 0.2) is 0 Å². The van der Waals surface area contributed by atoms with Gasteiger partial charge in [-0.3, -0.25) is 9.59 Å². The number of rotatable bonds is 13. The number of alkyl carbamates (subject to hydrolysis) is 1. The fourth-order valence-corrected chi connectivity index (χ4v) is 4.52. The van der Waals surface area contributed by atoms with Crippen molar-refractivity contribution in [2.24, 2.45) is 11.8 Å². The molecule has 0 radical (unpaired) electrons. The van der Waals surface area contributed by atoms with Gasteiger partial charge >= 0.3 is 6.09 Å². The predicted molar refractivity (Wildman–Crippen MR) is 141 cm³/mol. The molecule has 1 saturated heterocycles. The predicted octanol–water partition coefficient (Wildman–Crippen LogP) is 3.71. The fourth-order valence-electron chi connectivity index (χ4n) is 4.52. The average Bonchev–Trinajstić information content (AvgIpc) is 3.30. The van der Waals surface area contributed by atoms with E-state index in [1.54, 1.807) is 0 Å². The minimum atomic E-state index is -0.877. The summed E-state index contributed by atoms with van der Waals surface area (Å²) < 4.78 is 5.82. The standard InChI is InChI=1S/C29H37N3O5/c1-20(2)17-25(28(35)31-24(19-33)18-23-15-16-30-27(23)34)32-29(36)37-26(22-11-7-4-8-12-22)14-13-21-9-5-3-6-10-21/h3-12,19-20,23-26H,13-18H2,1-2H3,(H,30,34)(H,31,35)(H,32,36)/t23-,24-,25-,26?/m0/s1. The Morgan fingerprint density at radius 1 is 1.05 bits per heavy atom. The highest BCUT2D eigenvalue weighted by atomic mass is 16.6. The zero-order valence-corrected chi connectivity index (χ0v) is 21.5. The molecule has 1 unspecified atom stereocenters. The third kappa shape index (κ3) is 9.04. The molecule has 8 heteroatoms. The maximum atomic E-state index is 13.1. The van der Waals surface area contributed by atoms with Gasteiger partial charge in [-0.05, 0) is 49.1 Å². The summed E-state index contributed by atoms with van der Waals surface area (Å²) in [4.78, 5) is 49.6. The number of hydrogen-bond acceptors (Lipinski definition) is 5. The largest absolute Gasteiger partial charge is 0.441 e. The lowest BCUT2D eigenvalue weighted by molar-refractivity contribution is -0.127. The molecule has 3 N–H and O–H groups in total. The van der Waals surface area contributed by atoms with Crippen LogP contribution in [-0.4, -0.2) is 42.8 Å². The molecule has 2 aromatic carbocycles. The second-order valence-electron chi connectivity index (χ2n) is 9.92. The van der Waals surface area contributed by atoms with Crippen molar-refractivity contribution in [3.63, 3.8) is 0 Å². The Hall–Kier alpha value is -3.68. The van der Waals surface area contributed by atoms with Gasteiger partial charge in [-0.15, -0.1) is 0 Å². The molecule has 2 aromatic rings. The van der Waals surface area contributed by atoms with E-state index in [4.69, 9.17) is 4.74 Å². The number of aldehydes is 1. The third-order valence-electron chi connectivity index (χ3n) is 6.47. The molecule has 0 aliphatic carbocycles. The summed E-state index contributed by atoms with van der Waals surface area (Å²) in [6, 6.07) is 17.8. The van der Waals surface area contributed by atoms with E-state index in [-0.39, 0.29) is 24.2 Å². The topological polar surface area (TPSA) is 114 Å². The van der Waals surface area contributed by atoms with Crippen LogP contribution in [0, 0.1) is 11.8 Å². The van der Waals surface area contributed by atoms with Crippen LogP contribution in [-0.2, 0) is 25.5 Å². The van der Waals surface area contributed by atoms with Crippen LogP contribution in [0.2, 0.25) is 0 Å². The number of amides is 3. The van der Waals surface area contributed by atoms with Gasteiger partial charge in [0.25, 0.3) is 0 Å². The lowest BCUT2D eigenvalue weighted by Gasteiger charge is -2.24. The molecule has 1 fully saturated rings. The zero-order valence-electron chi connectivity index (χ0n) is 21.5. The molecule has 4 atom stereocenters. The minimum absolute atomic E-state index is 0.106. The van der Waals surface area contributed by atoms with E-state index in [1.165, 1.54) is 0 Å². The van der Waals surface area contributed by atoms with E-state index in [2.05, 4.69) is 16.0 Å². The normalized spacial score (nSPS) is 17.4. The van der Waals surface area contributed by atoms with Gasteiger partial charge in [0.05, 0.1) is 6.04 Å². The van der Waals surface area contributed by atoms with Crippen molar-refractivity contribution in [1.29, 1.82) is 0 Å². The Labute approximate surface area is 218 Å². The van der Waals surface area contributed by atoms with Crippen molar-refractivity contribution in [2.75, 3.05) is 6.54 Å². The number of benzene rings is 2. The maximum absolute atomic E-state index is 13.1. The summed E-state index contributed by atoms with van der Waals surface area (Å²) in [5, 5.41) is 8.15. The molecule has 0 saturated carbocycles. The quantitative estimate of drug-likeness (QED) is 0.358. The van der Waals surface area contributed by atoms with Crippen LogP contribution in [0.1, 0.15) is 56.8 Å². The van der Waals surface area contributed by atoms with E-state index < -0.39 is 30.2 Å². The second-order valence-corrected chi connectivity index (χ2v) is 9.92. The number of nitrogens with one attached hydrogen (secondary N) is 3. The van der Waals surface area contributed by atoms with Crippen molar-refractivity contribution in [3.8, 4) is 0 Å². The van der Waals surface area contributed by atoms with Gasteiger partial charge in [0.1, 0.15) is 18.4 Å². The second kappa shape index (κ2) is 14.2. The van der Waals surface area contributed by atoms with Gasteiger partial charge in [0, 0.05) is 12.5 Å². The minimum Gasteiger partial charge on any atom is -0.441 e. The maximum Gasteiger partial charge on any atom is 0.408 e. The van der Waals surface area contributed by atoms with Crippen molar-refractivity contribution in [1.82, 2.24) is 16.0 Å². The molecule has 1 heterocycles. The number of hydrogen-bond donors (Lipinski definition) is 3. The van der Waals surface area contributed by atoms with Gasteiger partial charge in [-0.1, -0.05) is 74.5 Å². The first-order chi connectivity index (χ1) is 17.9. The average molecular weight is 508 g/mol. The van der Waals surface area contributed by atoms with Crippen LogP contribution in [0.15, 0.2) is 60.7 Å². The van der Waals surface area contributed by atoms with Gasteiger partial charge < -0.3 is 25.5 Å². The lowest BCUT2D eigenvalue weighted by atomic mass is 9.98. The van der Waals surface area contributed by atoms with E-state index in [0.717, 1.165) is 17.5 Å². The summed E-state index contributed by atoms with van der Waals surface area (Å²) in [7, 11) is 0. The summed E-state index contributed by atoms with van der Waals surface area (Å²) in [5.41, 5.74) is 2.01. The van der Waals surface area contributed by atoms with Crippen molar-refractivity contribution >= 4 is 24.2 Å². The first-order valence-corrected chi connectivity index (χ1v) is 12.9. The molecule has 8 nitrogen and oxygen atoms in total. The Bertz CT molecular complexity index is 1030. The summed E-state index contributed by atoms with van der Waals surface area (Å²) in [6.07, 6.45) is 1.99. The van der Waals surface area contributed by atoms with Crippen molar-refractivity contribution in [2.45, 2.75) is 64.1 Å². The van der Waals surface area contributed by atoms with Crippen LogP contribution in [0.3, 0.4) is 0 Å². The van der Waals surface area contributed by atoms with Crippen molar-refractivity contribution < 1.29 is 23.9 Å². The summed E-state index contributed by atoms with van der Waals surface area (Å²) in [5.74, 6) is -0.784. The molecule has 0 spiro atoms. The van der Waals surface area contributed by atoms with Gasteiger partial charge in [-0.2, -0.15) is 0 Å². The van der Waals surface area contributed by atoms with E-state index in [9.17, 15) is 19.2 Å². The van der Waals surface area contributed by atoms with E-state index in [1.807, 2.05) is 74.5 Å². The molecule has 37 heavy (non-hydrogen) atoms. The smallest absolute Gasteiger partial charge is 0.408 e. The van der Waals surface area contributed by atoms with E-state index in [0.29, 0.717) is 32.1 Å². The lowest BCUT2D eigenvalue weighted by Crippen LogP contribution is -2.51. The Morgan fingerprint density at radius 2 is 1.73 bits per heavy atom. The Morgan fingerprint density at radius 3 is 2.32 bits per heavy atom. The number of carbonyl (C=O) groups excluding carboxylic acids is 4. The number of ether oxygens (including phenoxy) is 1. The van der Waals surface area contributed by atoms with Gasteiger partial charge in [0.2, 0.25) is 11.8 Å². The van der Waals surface area contributed by atoms with Crippen LogP contribution in [0.5, 0.6) is 0 Å². The van der Waals surface area contributed by atoms with Crippen molar-refractivity contribution in [3.05, 3.63) is 71.8 Å². The molecule has 0 aromatic heterocycles. The monoisotopic (exact) mass is 507 g/mol. The first-order valence-electron chi connectivity index (χ1n) is 12.9. The van der Waals surface area contributed by atoms with Crippen LogP contribution >= 0.6 is 0 Å².